The van der Waals surface area contributed by atoms with E-state index in [0.717, 1.165) is 15.1 Å². The summed E-state index contributed by atoms with van der Waals surface area (Å²) in [5.41, 5.74) is 0.000139. The molecule has 0 spiro atoms. The van der Waals surface area contributed by atoms with Gasteiger partial charge in [-0.05, 0) is 30.3 Å². The Bertz CT molecular complexity index is 808. The van der Waals surface area contributed by atoms with Gasteiger partial charge in [-0.2, -0.15) is 0 Å². The first kappa shape index (κ1) is 11.5. The molecule has 0 saturated heterocycles. The van der Waals surface area contributed by atoms with Gasteiger partial charge in [-0.15, -0.1) is 11.3 Å². The predicted octanol–water partition coefficient (Wildman–Crippen LogP) is 4.08. The number of rotatable bonds is 1. The zero-order valence-corrected chi connectivity index (χ0v) is 11.1. The number of methoxy groups -OCH3 is 1. The first-order valence-electron chi connectivity index (χ1n) is 5.40. The monoisotopic (exact) mass is 276 g/mol. The summed E-state index contributed by atoms with van der Waals surface area (Å²) in [5.74, 6) is 0.728. The van der Waals surface area contributed by atoms with Crippen LogP contribution in [0.25, 0.3) is 20.2 Å². The minimum Gasteiger partial charge on any atom is -0.495 e. The van der Waals surface area contributed by atoms with Crippen LogP contribution in [0.5, 0.6) is 5.75 Å². The van der Waals surface area contributed by atoms with Gasteiger partial charge in [0.2, 0.25) is 0 Å². The number of ether oxygens (including phenoxy) is 1. The van der Waals surface area contributed by atoms with Crippen molar-refractivity contribution in [1.29, 1.82) is 0 Å². The van der Waals surface area contributed by atoms with Crippen LogP contribution in [0.1, 0.15) is 0 Å². The topological polar surface area (TPSA) is 26.3 Å². The zero-order chi connectivity index (χ0) is 12.7. The molecule has 0 unspecified atom stereocenters. The van der Waals surface area contributed by atoms with Gasteiger partial charge in [0.1, 0.15) is 5.75 Å². The van der Waals surface area contributed by atoms with Gasteiger partial charge in [-0.1, -0.05) is 17.7 Å². The Kier molecular flexibility index (Phi) is 2.73. The van der Waals surface area contributed by atoms with Crippen LogP contribution in [0.2, 0.25) is 5.02 Å². The molecule has 0 aliphatic carbocycles. The number of halogens is 1. The maximum atomic E-state index is 12.4. The maximum absolute atomic E-state index is 12.4. The van der Waals surface area contributed by atoms with Crippen molar-refractivity contribution in [1.82, 2.24) is 0 Å². The average Bonchev–Trinajstić information content (AvgIpc) is 2.39. The van der Waals surface area contributed by atoms with E-state index >= 15 is 0 Å². The van der Waals surface area contributed by atoms with Gasteiger partial charge >= 0.3 is 0 Å². The first-order valence-corrected chi connectivity index (χ1v) is 6.59. The molecule has 0 amide bonds. The summed E-state index contributed by atoms with van der Waals surface area (Å²) in [6.07, 6.45) is 0. The van der Waals surface area contributed by atoms with E-state index in [1.165, 1.54) is 0 Å². The fraction of sp³-hybridized carbons (Fsp3) is 0.0714. The third kappa shape index (κ3) is 1.67. The standard InChI is InChI=1S/C14H9ClO2S/c1-17-11-4-2-3-9-13(16)10-7-8(15)5-6-12(10)18-14(9)11/h2-7H,1H3. The van der Waals surface area contributed by atoms with Crippen LogP contribution in [0, 0.1) is 0 Å². The lowest BCUT2D eigenvalue weighted by Gasteiger charge is -2.05. The molecule has 4 heteroatoms. The molecule has 1 heterocycles. The molecular weight excluding hydrogens is 268 g/mol. The summed E-state index contributed by atoms with van der Waals surface area (Å²) in [6.45, 7) is 0. The molecule has 0 fully saturated rings. The molecule has 0 bridgehead atoms. The molecule has 3 aromatic rings. The molecule has 90 valence electrons. The van der Waals surface area contributed by atoms with Crippen LogP contribution >= 0.6 is 22.9 Å². The molecular formula is C14H9ClO2S. The quantitative estimate of drug-likeness (QED) is 0.626. The van der Waals surface area contributed by atoms with E-state index in [-0.39, 0.29) is 5.43 Å². The van der Waals surface area contributed by atoms with Crippen LogP contribution in [-0.4, -0.2) is 7.11 Å². The van der Waals surface area contributed by atoms with E-state index in [0.29, 0.717) is 15.8 Å². The van der Waals surface area contributed by atoms with E-state index in [1.807, 2.05) is 24.3 Å². The van der Waals surface area contributed by atoms with Crippen molar-refractivity contribution in [2.24, 2.45) is 0 Å². The maximum Gasteiger partial charge on any atom is 0.196 e. The Morgan fingerprint density at radius 3 is 2.78 bits per heavy atom. The molecule has 0 aliphatic rings. The molecule has 2 nitrogen and oxygen atoms in total. The Labute approximate surface area is 112 Å². The normalized spacial score (nSPS) is 11.0. The van der Waals surface area contributed by atoms with Gasteiger partial charge in [-0.3, -0.25) is 4.79 Å². The Morgan fingerprint density at radius 1 is 1.17 bits per heavy atom. The summed E-state index contributed by atoms with van der Waals surface area (Å²) in [5, 5.41) is 1.91. The van der Waals surface area contributed by atoms with Crippen molar-refractivity contribution in [3.8, 4) is 5.75 Å². The van der Waals surface area contributed by atoms with E-state index in [4.69, 9.17) is 16.3 Å². The highest BCUT2D eigenvalue weighted by molar-refractivity contribution is 7.24. The summed E-state index contributed by atoms with van der Waals surface area (Å²) >= 11 is 7.48. The van der Waals surface area contributed by atoms with Crippen LogP contribution in [-0.2, 0) is 0 Å². The minimum absolute atomic E-state index is 0.000139. The highest BCUT2D eigenvalue weighted by Gasteiger charge is 2.09. The summed E-state index contributed by atoms with van der Waals surface area (Å²) in [6, 6.07) is 10.9. The highest BCUT2D eigenvalue weighted by Crippen LogP contribution is 2.32. The number of hydrogen-bond donors (Lipinski definition) is 0. The molecule has 0 radical (unpaired) electrons. The van der Waals surface area contributed by atoms with E-state index < -0.39 is 0 Å². The smallest absolute Gasteiger partial charge is 0.196 e. The number of benzene rings is 2. The van der Waals surface area contributed by atoms with Gasteiger partial charge in [0.05, 0.1) is 11.8 Å². The summed E-state index contributed by atoms with van der Waals surface area (Å²) in [4.78, 5) is 12.4. The number of fused-ring (bicyclic) bond motifs is 2. The van der Waals surface area contributed by atoms with Crippen molar-refractivity contribution in [2.75, 3.05) is 7.11 Å². The third-order valence-electron chi connectivity index (χ3n) is 2.84. The van der Waals surface area contributed by atoms with Gasteiger partial charge in [0.25, 0.3) is 0 Å². The van der Waals surface area contributed by atoms with Gasteiger partial charge in [0, 0.05) is 20.5 Å². The van der Waals surface area contributed by atoms with Crippen molar-refractivity contribution in [3.63, 3.8) is 0 Å². The van der Waals surface area contributed by atoms with Crippen LogP contribution in [0.15, 0.2) is 41.2 Å². The Balaban J connectivity index is 2.56. The average molecular weight is 277 g/mol. The van der Waals surface area contributed by atoms with Crippen LogP contribution < -0.4 is 10.2 Å². The van der Waals surface area contributed by atoms with Gasteiger partial charge in [0.15, 0.2) is 5.43 Å². The highest BCUT2D eigenvalue weighted by atomic mass is 35.5. The number of hydrogen-bond acceptors (Lipinski definition) is 3. The van der Waals surface area contributed by atoms with E-state index in [9.17, 15) is 4.79 Å². The molecule has 1 aromatic heterocycles. The summed E-state index contributed by atoms with van der Waals surface area (Å²) in [7, 11) is 1.61. The minimum atomic E-state index is 0.000139. The fourth-order valence-electron chi connectivity index (χ4n) is 1.98. The first-order chi connectivity index (χ1) is 8.70. The molecule has 2 aromatic carbocycles. The molecule has 0 N–H and O–H groups in total. The zero-order valence-electron chi connectivity index (χ0n) is 9.57. The second kappa shape index (κ2) is 4.26. The molecule has 18 heavy (non-hydrogen) atoms. The lowest BCUT2D eigenvalue weighted by atomic mass is 10.2. The Hall–Kier alpha value is -1.58. The van der Waals surface area contributed by atoms with Crippen molar-refractivity contribution >= 4 is 43.1 Å². The predicted molar refractivity (Wildman–Crippen MR) is 77.2 cm³/mol. The summed E-state index contributed by atoms with van der Waals surface area (Å²) < 4.78 is 7.09. The molecule has 3 rings (SSSR count). The van der Waals surface area contributed by atoms with Crippen LogP contribution in [0.3, 0.4) is 0 Å². The van der Waals surface area contributed by atoms with Gasteiger partial charge in [-0.25, -0.2) is 0 Å². The lowest BCUT2D eigenvalue weighted by Crippen LogP contribution is -2.01. The van der Waals surface area contributed by atoms with Crippen molar-refractivity contribution < 1.29 is 4.74 Å². The van der Waals surface area contributed by atoms with E-state index in [2.05, 4.69) is 0 Å². The third-order valence-corrected chi connectivity index (χ3v) is 4.28. The lowest BCUT2D eigenvalue weighted by molar-refractivity contribution is 0.420. The molecule has 0 saturated carbocycles. The largest absolute Gasteiger partial charge is 0.495 e. The molecule has 0 atom stereocenters. The second-order valence-electron chi connectivity index (χ2n) is 3.91. The van der Waals surface area contributed by atoms with E-state index in [1.54, 1.807) is 30.6 Å². The Morgan fingerprint density at radius 2 is 2.00 bits per heavy atom. The van der Waals surface area contributed by atoms with Crippen molar-refractivity contribution in [2.45, 2.75) is 0 Å². The SMILES string of the molecule is COc1cccc2c(=O)c3cc(Cl)ccc3sc12. The van der Waals surface area contributed by atoms with Gasteiger partial charge < -0.3 is 4.74 Å². The fourth-order valence-corrected chi connectivity index (χ4v) is 3.30. The van der Waals surface area contributed by atoms with Crippen molar-refractivity contribution in [3.05, 3.63) is 51.6 Å². The van der Waals surface area contributed by atoms with Crippen LogP contribution in [0.4, 0.5) is 0 Å². The second-order valence-corrected chi connectivity index (χ2v) is 5.40. The molecule has 0 aliphatic heterocycles.